The lowest BCUT2D eigenvalue weighted by Gasteiger charge is -2.08. The van der Waals surface area contributed by atoms with Crippen molar-refractivity contribution in [2.45, 2.75) is 26.2 Å². The summed E-state index contributed by atoms with van der Waals surface area (Å²) < 4.78 is 10.3. The Morgan fingerprint density at radius 2 is 2.17 bits per heavy atom. The van der Waals surface area contributed by atoms with Gasteiger partial charge in [0.05, 0.1) is 12.2 Å². The van der Waals surface area contributed by atoms with E-state index < -0.39 is 5.97 Å². The number of hydrogen-bond donors (Lipinski definition) is 1. The topological polar surface area (TPSA) is 68.7 Å². The van der Waals surface area contributed by atoms with Crippen LogP contribution in [0.25, 0.3) is 0 Å². The van der Waals surface area contributed by atoms with Crippen LogP contribution < -0.4 is 4.74 Å². The molecule has 1 aromatic rings. The molecule has 0 aromatic carbocycles. The summed E-state index contributed by atoms with van der Waals surface area (Å²) in [7, 11) is 1.63. The molecule has 1 N–H and O–H groups in total. The summed E-state index contributed by atoms with van der Waals surface area (Å²) in [5.41, 5.74) is 0.967. The lowest BCUT2D eigenvalue weighted by atomic mass is 10.1. The van der Waals surface area contributed by atoms with Crippen molar-refractivity contribution in [1.29, 1.82) is 0 Å². The van der Waals surface area contributed by atoms with E-state index >= 15 is 0 Å². The molecule has 0 aliphatic rings. The van der Waals surface area contributed by atoms with Crippen LogP contribution in [0, 0.1) is 0 Å². The minimum atomic E-state index is -0.962. The van der Waals surface area contributed by atoms with Gasteiger partial charge in [0.25, 0.3) is 0 Å². The maximum absolute atomic E-state index is 11.0. The van der Waals surface area contributed by atoms with Gasteiger partial charge in [0.1, 0.15) is 0 Å². The molecule has 1 aromatic heterocycles. The van der Waals surface area contributed by atoms with Gasteiger partial charge in [-0.1, -0.05) is 13.3 Å². The Labute approximate surface area is 107 Å². The Morgan fingerprint density at radius 3 is 2.78 bits per heavy atom. The number of nitrogens with zero attached hydrogens (tertiary/aromatic N) is 1. The molecule has 0 radical (unpaired) electrons. The Hall–Kier alpha value is -1.62. The first kappa shape index (κ1) is 14.4. The average molecular weight is 253 g/mol. The maximum atomic E-state index is 11.0. The fourth-order valence-electron chi connectivity index (χ4n) is 1.52. The number of pyridine rings is 1. The molecule has 5 nitrogen and oxygen atoms in total. The standard InChI is InChI=1S/C13H19NO4/c1-3-5-11-8-10(13(15)16)9-12(14-11)18-7-4-6-17-2/h8-9H,3-7H2,1-2H3,(H,15,16). The van der Waals surface area contributed by atoms with Crippen LogP contribution in [0.3, 0.4) is 0 Å². The number of aromatic nitrogens is 1. The summed E-state index contributed by atoms with van der Waals surface area (Å²) in [6, 6.07) is 3.04. The van der Waals surface area contributed by atoms with Crippen molar-refractivity contribution in [3.05, 3.63) is 23.4 Å². The molecule has 0 aliphatic heterocycles. The van der Waals surface area contributed by atoms with E-state index in [4.69, 9.17) is 14.6 Å². The molecule has 1 rings (SSSR count). The number of aromatic carboxylic acids is 1. The molecule has 0 atom stereocenters. The van der Waals surface area contributed by atoms with Gasteiger partial charge in [0.2, 0.25) is 5.88 Å². The van der Waals surface area contributed by atoms with Gasteiger partial charge in [-0.15, -0.1) is 0 Å². The molecule has 5 heteroatoms. The third kappa shape index (κ3) is 4.71. The molecule has 100 valence electrons. The Kier molecular flexibility index (Phi) is 6.14. The number of methoxy groups -OCH3 is 1. The van der Waals surface area contributed by atoms with Crippen molar-refractivity contribution in [2.75, 3.05) is 20.3 Å². The normalized spacial score (nSPS) is 10.3. The molecule has 0 fully saturated rings. The van der Waals surface area contributed by atoms with Crippen LogP contribution in [0.5, 0.6) is 5.88 Å². The summed E-state index contributed by atoms with van der Waals surface area (Å²) in [5, 5.41) is 9.01. The van der Waals surface area contributed by atoms with E-state index in [1.807, 2.05) is 6.92 Å². The molecule has 0 saturated carbocycles. The second-order valence-corrected chi connectivity index (χ2v) is 3.94. The van der Waals surface area contributed by atoms with Crippen LogP contribution in [-0.2, 0) is 11.2 Å². The molecule has 1 heterocycles. The zero-order chi connectivity index (χ0) is 13.4. The van der Waals surface area contributed by atoms with Gasteiger partial charge in [-0.05, 0) is 12.5 Å². The molecular weight excluding hydrogens is 234 g/mol. The lowest BCUT2D eigenvalue weighted by molar-refractivity contribution is 0.0695. The Balaban J connectivity index is 2.72. The number of rotatable bonds is 8. The van der Waals surface area contributed by atoms with Gasteiger partial charge in [-0.3, -0.25) is 0 Å². The first-order valence-electron chi connectivity index (χ1n) is 6.03. The van der Waals surface area contributed by atoms with Crippen molar-refractivity contribution >= 4 is 5.97 Å². The SMILES string of the molecule is CCCc1cc(C(=O)O)cc(OCCCOC)n1. The lowest BCUT2D eigenvalue weighted by Crippen LogP contribution is -2.06. The van der Waals surface area contributed by atoms with E-state index in [1.165, 1.54) is 6.07 Å². The molecule has 0 bridgehead atoms. The van der Waals surface area contributed by atoms with E-state index in [2.05, 4.69) is 4.98 Å². The molecule has 0 saturated heterocycles. The van der Waals surface area contributed by atoms with Gasteiger partial charge >= 0.3 is 5.97 Å². The number of ether oxygens (including phenoxy) is 2. The van der Waals surface area contributed by atoms with Crippen LogP contribution in [0.1, 0.15) is 35.8 Å². The van der Waals surface area contributed by atoms with E-state index in [-0.39, 0.29) is 5.56 Å². The third-order valence-electron chi connectivity index (χ3n) is 2.35. The van der Waals surface area contributed by atoms with Gasteiger partial charge in [-0.25, -0.2) is 9.78 Å². The van der Waals surface area contributed by atoms with Crippen molar-refractivity contribution in [3.63, 3.8) is 0 Å². The summed E-state index contributed by atoms with van der Waals surface area (Å²) in [6.07, 6.45) is 2.41. The fourth-order valence-corrected chi connectivity index (χ4v) is 1.52. The van der Waals surface area contributed by atoms with Crippen LogP contribution in [0.15, 0.2) is 12.1 Å². The smallest absolute Gasteiger partial charge is 0.335 e. The third-order valence-corrected chi connectivity index (χ3v) is 2.35. The number of hydrogen-bond acceptors (Lipinski definition) is 4. The van der Waals surface area contributed by atoms with Gasteiger partial charge in [0.15, 0.2) is 0 Å². The van der Waals surface area contributed by atoms with Gasteiger partial charge in [-0.2, -0.15) is 0 Å². The predicted molar refractivity (Wildman–Crippen MR) is 67.2 cm³/mol. The summed E-state index contributed by atoms with van der Waals surface area (Å²) in [5.74, 6) is -0.592. The molecule has 0 unspecified atom stereocenters. The fraction of sp³-hybridized carbons (Fsp3) is 0.538. The number of aryl methyl sites for hydroxylation is 1. The summed E-state index contributed by atoms with van der Waals surface area (Å²) in [6.45, 7) is 3.10. The van der Waals surface area contributed by atoms with Crippen molar-refractivity contribution < 1.29 is 19.4 Å². The maximum Gasteiger partial charge on any atom is 0.335 e. The van der Waals surface area contributed by atoms with Crippen molar-refractivity contribution in [3.8, 4) is 5.88 Å². The summed E-state index contributed by atoms with van der Waals surface area (Å²) >= 11 is 0. The first-order chi connectivity index (χ1) is 8.67. The van der Waals surface area contributed by atoms with E-state index in [1.54, 1.807) is 13.2 Å². The van der Waals surface area contributed by atoms with Crippen LogP contribution >= 0.6 is 0 Å². The largest absolute Gasteiger partial charge is 0.478 e. The zero-order valence-electron chi connectivity index (χ0n) is 10.8. The number of carboxylic acid groups (broad SMARTS) is 1. The van der Waals surface area contributed by atoms with Crippen LogP contribution in [0.2, 0.25) is 0 Å². The molecular formula is C13H19NO4. The highest BCUT2D eigenvalue weighted by atomic mass is 16.5. The monoisotopic (exact) mass is 253 g/mol. The minimum Gasteiger partial charge on any atom is -0.478 e. The molecule has 18 heavy (non-hydrogen) atoms. The second kappa shape index (κ2) is 7.66. The predicted octanol–water partition coefficient (Wildman–Crippen LogP) is 2.15. The van der Waals surface area contributed by atoms with Crippen molar-refractivity contribution in [2.24, 2.45) is 0 Å². The van der Waals surface area contributed by atoms with E-state index in [0.29, 0.717) is 19.1 Å². The highest BCUT2D eigenvalue weighted by Gasteiger charge is 2.09. The molecule has 0 amide bonds. The zero-order valence-corrected chi connectivity index (χ0v) is 10.8. The Bertz CT molecular complexity index is 393. The summed E-state index contributed by atoms with van der Waals surface area (Å²) in [4.78, 5) is 15.3. The van der Waals surface area contributed by atoms with Gasteiger partial charge in [0, 0.05) is 31.9 Å². The average Bonchev–Trinajstić information content (AvgIpc) is 2.35. The number of carbonyl (C=O) groups is 1. The van der Waals surface area contributed by atoms with E-state index in [9.17, 15) is 4.79 Å². The second-order valence-electron chi connectivity index (χ2n) is 3.94. The van der Waals surface area contributed by atoms with Gasteiger partial charge < -0.3 is 14.6 Å². The minimum absolute atomic E-state index is 0.218. The van der Waals surface area contributed by atoms with Crippen molar-refractivity contribution in [1.82, 2.24) is 4.98 Å². The highest BCUT2D eigenvalue weighted by molar-refractivity contribution is 5.88. The quantitative estimate of drug-likeness (QED) is 0.719. The van der Waals surface area contributed by atoms with Crippen LogP contribution in [0.4, 0.5) is 0 Å². The number of carboxylic acids is 1. The Morgan fingerprint density at radius 1 is 1.39 bits per heavy atom. The van der Waals surface area contributed by atoms with Crippen LogP contribution in [-0.4, -0.2) is 36.4 Å². The highest BCUT2D eigenvalue weighted by Crippen LogP contribution is 2.14. The van der Waals surface area contributed by atoms with E-state index in [0.717, 1.165) is 25.0 Å². The molecule has 0 spiro atoms. The molecule has 0 aliphatic carbocycles. The first-order valence-corrected chi connectivity index (χ1v) is 6.03.